The van der Waals surface area contributed by atoms with Crippen LogP contribution in [-0.2, 0) is 9.53 Å². The van der Waals surface area contributed by atoms with Crippen LogP contribution in [0.1, 0.15) is 41.9 Å². The van der Waals surface area contributed by atoms with Crippen LogP contribution >= 0.6 is 0 Å². The number of rotatable bonds is 2. The Labute approximate surface area is 168 Å². The fraction of sp³-hybridized carbons (Fsp3) is 0.409. The van der Waals surface area contributed by atoms with Crippen molar-refractivity contribution in [2.24, 2.45) is 0 Å². The van der Waals surface area contributed by atoms with Crippen molar-refractivity contribution in [2.45, 2.75) is 32.1 Å². The summed E-state index contributed by atoms with van der Waals surface area (Å²) >= 11 is 0. The SMILES string of the molecule is Cc1ccc([C@H]2C3=C(CCCC3=O)Nc3nc(N4CCOCC4)[nH]c(=O)c32)cc1. The van der Waals surface area contributed by atoms with Crippen LogP contribution in [0.5, 0.6) is 0 Å². The number of Topliss-reactive ketones (excluding diaryl/α,β-unsaturated/α-hetero) is 1. The normalized spacial score (nSPS) is 21.5. The van der Waals surface area contributed by atoms with Gasteiger partial charge in [0.25, 0.3) is 5.56 Å². The first-order valence-electron chi connectivity index (χ1n) is 10.2. The number of aromatic amines is 1. The molecule has 1 fully saturated rings. The van der Waals surface area contributed by atoms with Crippen LogP contribution < -0.4 is 15.8 Å². The minimum Gasteiger partial charge on any atom is -0.378 e. The largest absolute Gasteiger partial charge is 0.378 e. The number of fused-ring (bicyclic) bond motifs is 1. The van der Waals surface area contributed by atoms with Gasteiger partial charge in [-0.3, -0.25) is 14.6 Å². The number of carbonyl (C=O) groups excluding carboxylic acids is 1. The Bertz CT molecular complexity index is 1050. The summed E-state index contributed by atoms with van der Waals surface area (Å²) in [5.74, 6) is 0.851. The first-order chi connectivity index (χ1) is 14.1. The number of nitrogens with one attached hydrogen (secondary N) is 2. The lowest BCUT2D eigenvalue weighted by Gasteiger charge is -2.34. The molecule has 0 spiro atoms. The molecule has 7 nitrogen and oxygen atoms in total. The Morgan fingerprint density at radius 1 is 1.10 bits per heavy atom. The molecule has 2 aliphatic heterocycles. The molecule has 3 heterocycles. The highest BCUT2D eigenvalue weighted by Gasteiger charge is 2.38. The maximum absolute atomic E-state index is 13.2. The summed E-state index contributed by atoms with van der Waals surface area (Å²) in [5, 5.41) is 3.33. The molecule has 0 unspecified atom stereocenters. The van der Waals surface area contributed by atoms with Crippen molar-refractivity contribution in [3.05, 3.63) is 62.6 Å². The van der Waals surface area contributed by atoms with Crippen LogP contribution in [0.25, 0.3) is 0 Å². The van der Waals surface area contributed by atoms with E-state index in [1.54, 1.807) is 0 Å². The lowest BCUT2D eigenvalue weighted by Crippen LogP contribution is -2.40. The molecule has 0 radical (unpaired) electrons. The summed E-state index contributed by atoms with van der Waals surface area (Å²) in [5.41, 5.74) is 4.05. The molecule has 0 amide bonds. The molecule has 1 saturated heterocycles. The number of carbonyl (C=O) groups is 1. The third kappa shape index (κ3) is 3.15. The van der Waals surface area contributed by atoms with E-state index >= 15 is 0 Å². The Hall–Kier alpha value is -2.93. The van der Waals surface area contributed by atoms with Gasteiger partial charge < -0.3 is 15.0 Å². The van der Waals surface area contributed by atoms with E-state index < -0.39 is 0 Å². The van der Waals surface area contributed by atoms with Gasteiger partial charge in [0.1, 0.15) is 5.82 Å². The van der Waals surface area contributed by atoms with E-state index in [4.69, 9.17) is 9.72 Å². The number of H-pyrrole nitrogens is 1. The van der Waals surface area contributed by atoms with Crippen molar-refractivity contribution < 1.29 is 9.53 Å². The zero-order valence-corrected chi connectivity index (χ0v) is 16.5. The van der Waals surface area contributed by atoms with Gasteiger partial charge in [0.05, 0.1) is 18.8 Å². The van der Waals surface area contributed by atoms with Gasteiger partial charge in [0, 0.05) is 36.7 Å². The van der Waals surface area contributed by atoms with Gasteiger partial charge in [0.2, 0.25) is 5.95 Å². The summed E-state index contributed by atoms with van der Waals surface area (Å²) in [4.78, 5) is 35.8. The Kier molecular flexibility index (Phi) is 4.47. The molecular formula is C22H24N4O3. The molecule has 5 rings (SSSR count). The fourth-order valence-corrected chi connectivity index (χ4v) is 4.47. The maximum atomic E-state index is 13.2. The predicted molar refractivity (Wildman–Crippen MR) is 110 cm³/mol. The molecule has 1 atom stereocenters. The second kappa shape index (κ2) is 7.15. The zero-order valence-electron chi connectivity index (χ0n) is 16.5. The Balaban J connectivity index is 1.67. The predicted octanol–water partition coefficient (Wildman–Crippen LogP) is 2.48. The summed E-state index contributed by atoms with van der Waals surface area (Å²) in [6.45, 7) is 4.64. The van der Waals surface area contributed by atoms with E-state index in [9.17, 15) is 9.59 Å². The number of morpholine rings is 1. The standard InChI is InChI=1S/C22H24N4O3/c1-13-5-7-14(8-6-13)17-18-15(3-2-4-16(18)27)23-20-19(17)21(28)25-22(24-20)26-9-11-29-12-10-26/h5-8,17H,2-4,9-12H2,1H3,(H2,23,24,25,28)/t17-/m0/s1. The lowest BCUT2D eigenvalue weighted by atomic mass is 9.76. The average molecular weight is 392 g/mol. The first-order valence-corrected chi connectivity index (χ1v) is 10.2. The van der Waals surface area contributed by atoms with Crippen molar-refractivity contribution in [2.75, 3.05) is 36.5 Å². The van der Waals surface area contributed by atoms with Gasteiger partial charge in [0.15, 0.2) is 5.78 Å². The van der Waals surface area contributed by atoms with E-state index in [1.165, 1.54) is 0 Å². The molecule has 1 aliphatic carbocycles. The van der Waals surface area contributed by atoms with Crippen molar-refractivity contribution in [3.8, 4) is 0 Å². The van der Waals surface area contributed by atoms with Gasteiger partial charge in [-0.05, 0) is 25.3 Å². The van der Waals surface area contributed by atoms with Crippen LogP contribution in [0.3, 0.4) is 0 Å². The Morgan fingerprint density at radius 2 is 1.86 bits per heavy atom. The maximum Gasteiger partial charge on any atom is 0.258 e. The fourth-order valence-electron chi connectivity index (χ4n) is 4.47. The number of nitrogens with zero attached hydrogens (tertiary/aromatic N) is 2. The summed E-state index contributed by atoms with van der Waals surface area (Å²) in [7, 11) is 0. The van der Waals surface area contributed by atoms with Gasteiger partial charge >= 0.3 is 0 Å². The van der Waals surface area contributed by atoms with E-state index in [0.29, 0.717) is 50.1 Å². The first kappa shape index (κ1) is 18.1. The monoisotopic (exact) mass is 392 g/mol. The topological polar surface area (TPSA) is 87.3 Å². The average Bonchev–Trinajstić information content (AvgIpc) is 2.74. The number of ether oxygens (including phenoxy) is 1. The number of hydrogen-bond donors (Lipinski definition) is 2. The van der Waals surface area contributed by atoms with Gasteiger partial charge in [-0.15, -0.1) is 0 Å². The minimum absolute atomic E-state index is 0.117. The van der Waals surface area contributed by atoms with Crippen molar-refractivity contribution in [1.82, 2.24) is 9.97 Å². The summed E-state index contributed by atoms with van der Waals surface area (Å²) in [6.07, 6.45) is 2.14. The molecule has 1 aromatic heterocycles. The molecule has 0 saturated carbocycles. The van der Waals surface area contributed by atoms with Crippen molar-refractivity contribution in [3.63, 3.8) is 0 Å². The molecule has 29 heavy (non-hydrogen) atoms. The molecule has 3 aliphatic rings. The summed E-state index contributed by atoms with van der Waals surface area (Å²) in [6, 6.07) is 8.07. The lowest BCUT2D eigenvalue weighted by molar-refractivity contribution is -0.116. The van der Waals surface area contributed by atoms with Crippen LogP contribution in [0.2, 0.25) is 0 Å². The second-order valence-corrected chi connectivity index (χ2v) is 7.89. The second-order valence-electron chi connectivity index (χ2n) is 7.89. The molecule has 7 heteroatoms. The number of anilines is 2. The molecule has 0 bridgehead atoms. The third-order valence-corrected chi connectivity index (χ3v) is 5.97. The smallest absolute Gasteiger partial charge is 0.258 e. The minimum atomic E-state index is -0.385. The van der Waals surface area contributed by atoms with E-state index in [2.05, 4.69) is 10.3 Å². The van der Waals surface area contributed by atoms with Gasteiger partial charge in [-0.1, -0.05) is 29.8 Å². The van der Waals surface area contributed by atoms with Crippen LogP contribution in [0.15, 0.2) is 40.3 Å². The van der Waals surface area contributed by atoms with Crippen LogP contribution in [0.4, 0.5) is 11.8 Å². The number of aryl methyl sites for hydroxylation is 1. The van der Waals surface area contributed by atoms with E-state index in [0.717, 1.165) is 35.2 Å². The number of aromatic nitrogens is 2. The van der Waals surface area contributed by atoms with Gasteiger partial charge in [-0.25, -0.2) is 0 Å². The van der Waals surface area contributed by atoms with E-state index in [-0.39, 0.29) is 17.3 Å². The zero-order chi connectivity index (χ0) is 20.0. The molecule has 150 valence electrons. The summed E-state index contributed by atoms with van der Waals surface area (Å²) < 4.78 is 5.41. The molecule has 2 N–H and O–H groups in total. The highest BCUT2D eigenvalue weighted by atomic mass is 16.5. The quantitative estimate of drug-likeness (QED) is 0.817. The third-order valence-electron chi connectivity index (χ3n) is 5.97. The molecule has 2 aromatic rings. The number of hydrogen-bond acceptors (Lipinski definition) is 6. The highest BCUT2D eigenvalue weighted by molar-refractivity contribution is 6.00. The molecule has 1 aromatic carbocycles. The van der Waals surface area contributed by atoms with Crippen molar-refractivity contribution in [1.29, 1.82) is 0 Å². The Morgan fingerprint density at radius 3 is 2.62 bits per heavy atom. The van der Waals surface area contributed by atoms with E-state index in [1.807, 2.05) is 36.1 Å². The van der Waals surface area contributed by atoms with Crippen LogP contribution in [-0.4, -0.2) is 42.1 Å². The van der Waals surface area contributed by atoms with Crippen LogP contribution in [0, 0.1) is 6.92 Å². The number of allylic oxidation sites excluding steroid dienone is 2. The number of benzene rings is 1. The molecular weight excluding hydrogens is 368 g/mol. The number of ketones is 1. The van der Waals surface area contributed by atoms with Crippen molar-refractivity contribution >= 4 is 17.5 Å². The van der Waals surface area contributed by atoms with Gasteiger partial charge in [-0.2, -0.15) is 4.98 Å². The highest BCUT2D eigenvalue weighted by Crippen LogP contribution is 2.43.